The van der Waals surface area contributed by atoms with Gasteiger partial charge in [-0.3, -0.25) is 14.2 Å². The molecule has 1 amide bonds. The van der Waals surface area contributed by atoms with Crippen LogP contribution in [0.1, 0.15) is 17.0 Å². The maximum absolute atomic E-state index is 12.4. The summed E-state index contributed by atoms with van der Waals surface area (Å²) in [4.78, 5) is 28.8. The van der Waals surface area contributed by atoms with Crippen LogP contribution in [0.3, 0.4) is 0 Å². The Morgan fingerprint density at radius 2 is 2.00 bits per heavy atom. The van der Waals surface area contributed by atoms with Gasteiger partial charge in [-0.15, -0.1) is 0 Å². The van der Waals surface area contributed by atoms with E-state index in [9.17, 15) is 9.59 Å². The third kappa shape index (κ3) is 3.65. The highest BCUT2D eigenvalue weighted by Crippen LogP contribution is 2.17. The number of nitrogens with zero attached hydrogens (tertiary/aromatic N) is 3. The van der Waals surface area contributed by atoms with E-state index >= 15 is 0 Å². The van der Waals surface area contributed by atoms with Crippen molar-refractivity contribution >= 4 is 11.6 Å². The van der Waals surface area contributed by atoms with Gasteiger partial charge in [-0.05, 0) is 38.5 Å². The third-order valence-electron chi connectivity index (χ3n) is 3.75. The number of pyridine rings is 1. The van der Waals surface area contributed by atoms with Crippen LogP contribution < -0.4 is 10.9 Å². The molecule has 0 unspecified atom stereocenters. The van der Waals surface area contributed by atoms with Crippen molar-refractivity contribution in [2.24, 2.45) is 0 Å². The predicted octanol–water partition coefficient (Wildman–Crippen LogP) is 2.46. The van der Waals surface area contributed by atoms with Gasteiger partial charge in [0.15, 0.2) is 5.82 Å². The molecule has 0 aliphatic rings. The van der Waals surface area contributed by atoms with Gasteiger partial charge in [-0.2, -0.15) is 4.98 Å². The lowest BCUT2D eigenvalue weighted by molar-refractivity contribution is -0.116. The topological polar surface area (TPSA) is 90.0 Å². The van der Waals surface area contributed by atoms with Crippen molar-refractivity contribution in [1.82, 2.24) is 14.7 Å². The van der Waals surface area contributed by atoms with Gasteiger partial charge in [0, 0.05) is 11.8 Å². The van der Waals surface area contributed by atoms with Gasteiger partial charge in [0.25, 0.3) is 11.4 Å². The first-order valence-electron chi connectivity index (χ1n) is 7.81. The van der Waals surface area contributed by atoms with E-state index in [0.29, 0.717) is 11.5 Å². The second kappa shape index (κ2) is 6.72. The van der Waals surface area contributed by atoms with Crippen LogP contribution in [-0.4, -0.2) is 20.6 Å². The minimum absolute atomic E-state index is 0.149. The van der Waals surface area contributed by atoms with E-state index < -0.39 is 0 Å². The number of hydrogen-bond acceptors (Lipinski definition) is 5. The van der Waals surface area contributed by atoms with E-state index in [1.54, 1.807) is 19.1 Å². The normalized spacial score (nSPS) is 10.7. The number of anilines is 1. The summed E-state index contributed by atoms with van der Waals surface area (Å²) in [6.07, 6.45) is 0. The zero-order valence-electron chi connectivity index (χ0n) is 14.2. The summed E-state index contributed by atoms with van der Waals surface area (Å²) in [7, 11) is 0. The molecule has 0 radical (unpaired) electrons. The van der Waals surface area contributed by atoms with Gasteiger partial charge in [-0.1, -0.05) is 28.9 Å². The molecule has 2 aromatic heterocycles. The van der Waals surface area contributed by atoms with Crippen LogP contribution in [0.2, 0.25) is 0 Å². The average molecular weight is 338 g/mol. The Morgan fingerprint density at radius 1 is 1.20 bits per heavy atom. The molecule has 3 aromatic rings. The van der Waals surface area contributed by atoms with Crippen molar-refractivity contribution in [2.75, 3.05) is 5.32 Å². The van der Waals surface area contributed by atoms with Gasteiger partial charge in [-0.25, -0.2) is 0 Å². The van der Waals surface area contributed by atoms with E-state index in [1.807, 2.05) is 32.0 Å². The van der Waals surface area contributed by atoms with Crippen molar-refractivity contribution in [3.63, 3.8) is 0 Å². The minimum atomic E-state index is -0.316. The first-order valence-corrected chi connectivity index (χ1v) is 7.81. The van der Waals surface area contributed by atoms with Crippen molar-refractivity contribution in [3.8, 4) is 11.6 Å². The van der Waals surface area contributed by atoms with Crippen LogP contribution >= 0.6 is 0 Å². The standard InChI is InChI=1S/C18H18N4O3/c1-11-7-8-14(12(2)9-11)20-16(23)10-22-15(5-4-6-17(22)24)18-19-13(3)21-25-18/h4-9H,10H2,1-3H3,(H,20,23). The number of carbonyl (C=O) groups excluding carboxylic acids is 1. The molecule has 0 saturated heterocycles. The second-order valence-corrected chi connectivity index (χ2v) is 5.85. The Morgan fingerprint density at radius 3 is 2.68 bits per heavy atom. The van der Waals surface area contributed by atoms with Gasteiger partial charge < -0.3 is 9.84 Å². The lowest BCUT2D eigenvalue weighted by atomic mass is 10.1. The van der Waals surface area contributed by atoms with E-state index in [-0.39, 0.29) is 23.9 Å². The molecule has 7 heteroatoms. The SMILES string of the molecule is Cc1ccc(NC(=O)Cn2c(-c3nc(C)no3)cccc2=O)c(C)c1. The number of nitrogens with one attached hydrogen (secondary N) is 1. The van der Waals surface area contributed by atoms with Crippen molar-refractivity contribution in [3.05, 3.63) is 63.7 Å². The first-order chi connectivity index (χ1) is 11.9. The Kier molecular flexibility index (Phi) is 4.47. The molecular weight excluding hydrogens is 320 g/mol. The van der Waals surface area contributed by atoms with Crippen molar-refractivity contribution in [1.29, 1.82) is 0 Å². The summed E-state index contributed by atoms with van der Waals surface area (Å²) >= 11 is 0. The summed E-state index contributed by atoms with van der Waals surface area (Å²) in [5, 5.41) is 6.56. The molecule has 3 rings (SSSR count). The lowest BCUT2D eigenvalue weighted by Crippen LogP contribution is -2.28. The highest BCUT2D eigenvalue weighted by atomic mass is 16.5. The molecule has 0 aliphatic heterocycles. The Labute approximate surface area is 144 Å². The van der Waals surface area contributed by atoms with Gasteiger partial charge >= 0.3 is 0 Å². The maximum atomic E-state index is 12.4. The maximum Gasteiger partial charge on any atom is 0.274 e. The number of benzene rings is 1. The summed E-state index contributed by atoms with van der Waals surface area (Å²) in [6.45, 7) is 5.44. The largest absolute Gasteiger partial charge is 0.332 e. The quantitative estimate of drug-likeness (QED) is 0.789. The fourth-order valence-corrected chi connectivity index (χ4v) is 2.56. The summed E-state index contributed by atoms with van der Waals surface area (Å²) in [6, 6.07) is 10.4. The Hall–Kier alpha value is -3.22. The van der Waals surface area contributed by atoms with Crippen LogP contribution in [0.4, 0.5) is 5.69 Å². The lowest BCUT2D eigenvalue weighted by Gasteiger charge is -2.12. The second-order valence-electron chi connectivity index (χ2n) is 5.85. The molecule has 1 N–H and O–H groups in total. The van der Waals surface area contributed by atoms with Crippen LogP contribution in [-0.2, 0) is 11.3 Å². The van der Waals surface area contributed by atoms with Gasteiger partial charge in [0.1, 0.15) is 12.2 Å². The van der Waals surface area contributed by atoms with E-state index in [2.05, 4.69) is 15.5 Å². The zero-order valence-corrected chi connectivity index (χ0v) is 14.2. The number of aromatic nitrogens is 3. The number of aryl methyl sites for hydroxylation is 3. The Bertz CT molecular complexity index is 988. The number of amides is 1. The van der Waals surface area contributed by atoms with Crippen molar-refractivity contribution in [2.45, 2.75) is 27.3 Å². The fourth-order valence-electron chi connectivity index (χ4n) is 2.56. The molecular formula is C18H18N4O3. The van der Waals surface area contributed by atoms with Crippen molar-refractivity contribution < 1.29 is 9.32 Å². The molecule has 0 fully saturated rings. The molecule has 7 nitrogen and oxygen atoms in total. The minimum Gasteiger partial charge on any atom is -0.332 e. The highest BCUT2D eigenvalue weighted by Gasteiger charge is 2.15. The number of hydrogen-bond donors (Lipinski definition) is 1. The van der Waals surface area contributed by atoms with Gasteiger partial charge in [0.2, 0.25) is 5.91 Å². The van der Waals surface area contributed by atoms with Gasteiger partial charge in [0.05, 0.1) is 0 Å². The zero-order chi connectivity index (χ0) is 18.0. The molecule has 0 atom stereocenters. The van der Waals surface area contributed by atoms with Crippen LogP contribution in [0.25, 0.3) is 11.6 Å². The monoisotopic (exact) mass is 338 g/mol. The molecule has 2 heterocycles. The third-order valence-corrected chi connectivity index (χ3v) is 3.75. The average Bonchev–Trinajstić information content (AvgIpc) is 2.98. The Balaban J connectivity index is 1.87. The molecule has 25 heavy (non-hydrogen) atoms. The van der Waals surface area contributed by atoms with Crippen LogP contribution in [0.5, 0.6) is 0 Å². The fraction of sp³-hybridized carbons (Fsp3) is 0.222. The molecule has 1 aromatic carbocycles. The molecule has 128 valence electrons. The molecule has 0 bridgehead atoms. The number of carbonyl (C=O) groups is 1. The summed E-state index contributed by atoms with van der Waals surface area (Å²) < 4.78 is 6.44. The molecule has 0 spiro atoms. The summed E-state index contributed by atoms with van der Waals surface area (Å²) in [5.74, 6) is 0.352. The summed E-state index contributed by atoms with van der Waals surface area (Å²) in [5.41, 5.74) is 2.88. The number of rotatable bonds is 4. The van der Waals surface area contributed by atoms with Crippen LogP contribution in [0, 0.1) is 20.8 Å². The predicted molar refractivity (Wildman–Crippen MR) is 93.3 cm³/mol. The first kappa shape index (κ1) is 16.6. The molecule has 0 saturated carbocycles. The molecule has 0 aliphatic carbocycles. The van der Waals surface area contributed by atoms with E-state index in [0.717, 1.165) is 16.8 Å². The van der Waals surface area contributed by atoms with E-state index in [1.165, 1.54) is 10.6 Å². The smallest absolute Gasteiger partial charge is 0.274 e. The van der Waals surface area contributed by atoms with Crippen LogP contribution in [0.15, 0.2) is 45.7 Å². The highest BCUT2D eigenvalue weighted by molar-refractivity contribution is 5.91. The van der Waals surface area contributed by atoms with E-state index in [4.69, 9.17) is 4.52 Å².